The predicted molar refractivity (Wildman–Crippen MR) is 138 cm³/mol. The molecule has 14 heteroatoms. The van der Waals surface area contributed by atoms with Gasteiger partial charge in [-0.3, -0.25) is 9.59 Å². The van der Waals surface area contributed by atoms with Crippen LogP contribution in [0.4, 0.5) is 21.6 Å². The van der Waals surface area contributed by atoms with Gasteiger partial charge in [0.25, 0.3) is 5.91 Å². The van der Waals surface area contributed by atoms with E-state index in [2.05, 4.69) is 36.1 Å². The second-order valence-electron chi connectivity index (χ2n) is 8.89. The van der Waals surface area contributed by atoms with Gasteiger partial charge in [-0.25, -0.2) is 23.3 Å². The van der Waals surface area contributed by atoms with E-state index in [-0.39, 0.29) is 56.7 Å². The lowest BCUT2D eigenvalue weighted by atomic mass is 10.1. The van der Waals surface area contributed by atoms with E-state index < -0.39 is 26.7 Å². The number of methoxy groups -OCH3 is 1. The molecule has 1 aromatic carbocycles. The van der Waals surface area contributed by atoms with Crippen molar-refractivity contribution in [3.05, 3.63) is 42.1 Å². The Hall–Kier alpha value is -4.20. The summed E-state index contributed by atoms with van der Waals surface area (Å²) in [7, 11) is -0.306. The second kappa shape index (κ2) is 10.7. The maximum atomic E-state index is 14.8. The van der Waals surface area contributed by atoms with Gasteiger partial charge in [0, 0.05) is 42.7 Å². The maximum Gasteiger partial charge on any atom is 0.273 e. The van der Waals surface area contributed by atoms with Gasteiger partial charge in [0.2, 0.25) is 5.91 Å². The Morgan fingerprint density at radius 2 is 1.82 bits per heavy atom. The lowest BCUT2D eigenvalue weighted by molar-refractivity contribution is -0.117. The Morgan fingerprint density at radius 3 is 2.39 bits per heavy atom. The van der Waals surface area contributed by atoms with Crippen LogP contribution in [0, 0.1) is 16.5 Å². The summed E-state index contributed by atoms with van der Waals surface area (Å²) in [5, 5.41) is 15.5. The monoisotopic (exact) mass is 542 g/mol. The predicted octanol–water partition coefficient (Wildman–Crippen LogP) is 3.35. The lowest BCUT2D eigenvalue weighted by Crippen LogP contribution is -2.22. The first-order chi connectivity index (χ1) is 18.0. The molecular formula is C24H27FN8O4S. The van der Waals surface area contributed by atoms with Crippen LogP contribution in [-0.2, 0) is 14.5 Å². The van der Waals surface area contributed by atoms with Crippen molar-refractivity contribution in [2.24, 2.45) is 5.92 Å². The minimum Gasteiger partial charge on any atom is -0.494 e. The molecule has 0 aliphatic heterocycles. The molecule has 4 N–H and O–H groups in total. The Balaban J connectivity index is 1.74. The van der Waals surface area contributed by atoms with Crippen LogP contribution >= 0.6 is 0 Å². The van der Waals surface area contributed by atoms with Gasteiger partial charge in [-0.2, -0.15) is 0 Å². The molecule has 1 aliphatic rings. The van der Waals surface area contributed by atoms with Crippen molar-refractivity contribution in [1.29, 1.82) is 4.78 Å². The number of hydrogen-bond donors (Lipinski definition) is 4. The first kappa shape index (κ1) is 26.9. The van der Waals surface area contributed by atoms with Gasteiger partial charge in [-0.05, 0) is 32.8 Å². The summed E-state index contributed by atoms with van der Waals surface area (Å²) in [6.07, 6.45) is 4.15. The summed E-state index contributed by atoms with van der Waals surface area (Å²) in [6, 6.07) is 3.75. The topological polar surface area (TPSA) is 172 Å². The van der Waals surface area contributed by atoms with Crippen LogP contribution in [0.5, 0.6) is 5.75 Å². The minimum absolute atomic E-state index is 0.0730. The van der Waals surface area contributed by atoms with E-state index >= 15 is 0 Å². The van der Waals surface area contributed by atoms with Crippen molar-refractivity contribution in [3.8, 4) is 17.1 Å². The van der Waals surface area contributed by atoms with E-state index in [9.17, 15) is 18.2 Å². The number of carbonyl (C=O) groups excluding carboxylic acids is 2. The Bertz CT molecular complexity index is 1490. The van der Waals surface area contributed by atoms with Crippen molar-refractivity contribution in [2.45, 2.75) is 36.8 Å². The molecule has 1 fully saturated rings. The fourth-order valence-electron chi connectivity index (χ4n) is 3.51. The van der Waals surface area contributed by atoms with Gasteiger partial charge in [-0.15, -0.1) is 10.2 Å². The third kappa shape index (κ3) is 5.54. The third-order valence-electron chi connectivity index (χ3n) is 5.85. The first-order valence-corrected chi connectivity index (χ1v) is 13.3. The van der Waals surface area contributed by atoms with Crippen molar-refractivity contribution in [2.75, 3.05) is 24.8 Å². The summed E-state index contributed by atoms with van der Waals surface area (Å²) < 4.78 is 41.1. The van der Waals surface area contributed by atoms with Crippen LogP contribution in [0.15, 0.2) is 35.5 Å². The van der Waals surface area contributed by atoms with Crippen molar-refractivity contribution in [3.63, 3.8) is 0 Å². The van der Waals surface area contributed by atoms with Crippen LogP contribution in [0.25, 0.3) is 11.4 Å². The highest BCUT2D eigenvalue weighted by atomic mass is 32.2. The molecule has 1 atom stereocenters. The van der Waals surface area contributed by atoms with Crippen LogP contribution in [0.1, 0.15) is 37.2 Å². The van der Waals surface area contributed by atoms with E-state index in [0.717, 1.165) is 18.9 Å². The van der Waals surface area contributed by atoms with E-state index in [1.54, 1.807) is 13.8 Å². The maximum absolute atomic E-state index is 14.8. The third-order valence-corrected chi connectivity index (χ3v) is 8.08. The molecule has 1 aliphatic carbocycles. The van der Waals surface area contributed by atoms with Gasteiger partial charge in [0.15, 0.2) is 23.1 Å². The van der Waals surface area contributed by atoms with Crippen molar-refractivity contribution < 1.29 is 22.9 Å². The van der Waals surface area contributed by atoms with Gasteiger partial charge in [-0.1, -0.05) is 0 Å². The summed E-state index contributed by atoms with van der Waals surface area (Å²) in [5.41, 5.74) is 0.347. The molecule has 1 unspecified atom stereocenters. The van der Waals surface area contributed by atoms with Gasteiger partial charge in [0.1, 0.15) is 5.82 Å². The molecule has 0 bridgehead atoms. The molecule has 38 heavy (non-hydrogen) atoms. The quantitative estimate of drug-likeness (QED) is 0.316. The van der Waals surface area contributed by atoms with Crippen molar-refractivity contribution >= 4 is 38.7 Å². The molecule has 3 aromatic rings. The number of nitrogens with zero attached hydrogens (tertiary/aromatic N) is 4. The standard InChI is InChI=1S/C24H27FN8O4S/c1-12(2)38(26,36)15-10-28-22(29-11-15)16-7-14(25)8-18(21(16)37-4)30-17-9-19(31-23(34)13-5-6-13)32-33-20(17)24(35)27-3/h7-13,26H,5-6H2,1-4H3,(H,27,35)(H2,30,31,32,34). The summed E-state index contributed by atoms with van der Waals surface area (Å²) in [4.78, 5) is 33.2. The Kier molecular flexibility index (Phi) is 7.53. The molecule has 12 nitrogen and oxygen atoms in total. The molecule has 2 heterocycles. The number of anilines is 3. The second-order valence-corrected chi connectivity index (χ2v) is 11.5. The number of aromatic nitrogens is 4. The normalized spacial score (nSPS) is 14.5. The Labute approximate surface area is 218 Å². The zero-order valence-electron chi connectivity index (χ0n) is 21.2. The number of hydrogen-bond acceptors (Lipinski definition) is 10. The molecular weight excluding hydrogens is 515 g/mol. The zero-order valence-corrected chi connectivity index (χ0v) is 22.0. The first-order valence-electron chi connectivity index (χ1n) is 11.7. The van der Waals surface area contributed by atoms with Crippen LogP contribution in [0.3, 0.4) is 0 Å². The zero-order chi connectivity index (χ0) is 27.6. The number of benzene rings is 1. The molecule has 0 saturated heterocycles. The highest BCUT2D eigenvalue weighted by molar-refractivity contribution is 7.93. The molecule has 200 valence electrons. The number of rotatable bonds is 9. The lowest BCUT2D eigenvalue weighted by Gasteiger charge is -2.17. The van der Waals surface area contributed by atoms with E-state index in [4.69, 9.17) is 9.52 Å². The molecule has 4 rings (SSSR count). The highest BCUT2D eigenvalue weighted by Gasteiger charge is 2.30. The van der Waals surface area contributed by atoms with E-state index in [1.165, 1.54) is 38.7 Å². The highest BCUT2D eigenvalue weighted by Crippen LogP contribution is 2.38. The average molecular weight is 543 g/mol. The Morgan fingerprint density at radius 1 is 1.13 bits per heavy atom. The average Bonchev–Trinajstić information content (AvgIpc) is 3.74. The van der Waals surface area contributed by atoms with Gasteiger partial charge in [0.05, 0.1) is 38.7 Å². The van der Waals surface area contributed by atoms with Crippen LogP contribution in [-0.4, -0.2) is 55.6 Å². The van der Waals surface area contributed by atoms with Gasteiger partial charge < -0.3 is 20.7 Å². The van der Waals surface area contributed by atoms with E-state index in [1.807, 2.05) is 0 Å². The fourth-order valence-corrected chi connectivity index (χ4v) is 4.47. The summed E-state index contributed by atoms with van der Waals surface area (Å²) >= 11 is 0. The molecule has 0 spiro atoms. The smallest absolute Gasteiger partial charge is 0.273 e. The molecule has 2 amide bonds. The number of amides is 2. The number of carbonyl (C=O) groups is 2. The summed E-state index contributed by atoms with van der Waals surface area (Å²) in [5.74, 6) is -1.14. The van der Waals surface area contributed by atoms with Crippen LogP contribution < -0.4 is 20.7 Å². The van der Waals surface area contributed by atoms with Crippen LogP contribution in [0.2, 0.25) is 0 Å². The summed E-state index contributed by atoms with van der Waals surface area (Å²) in [6.45, 7) is 3.33. The minimum atomic E-state index is -3.10. The van der Waals surface area contributed by atoms with Gasteiger partial charge >= 0.3 is 0 Å². The number of halogens is 1. The molecule has 0 radical (unpaired) electrons. The van der Waals surface area contributed by atoms with Crippen molar-refractivity contribution in [1.82, 2.24) is 25.5 Å². The largest absolute Gasteiger partial charge is 0.494 e. The molecule has 2 aromatic heterocycles. The van der Waals surface area contributed by atoms with E-state index in [0.29, 0.717) is 0 Å². The number of nitrogens with one attached hydrogen (secondary N) is 4. The molecule has 1 saturated carbocycles. The fraction of sp³-hybridized carbons (Fsp3) is 0.333. The SMILES string of the molecule is CNC(=O)c1nnc(NC(=O)C2CC2)cc1Nc1cc(F)cc(-c2ncc(S(=N)(=O)C(C)C)cn2)c1OC. The number of ether oxygens (including phenoxy) is 1.